The fourth-order valence-corrected chi connectivity index (χ4v) is 4.13. The SMILES string of the molecule is O=C(Cc1ccccc1Cl)Nc1cc(CN2CCC(C(=O)O)CC2)cs1. The quantitative estimate of drug-likeness (QED) is 0.782. The summed E-state index contributed by atoms with van der Waals surface area (Å²) in [5.41, 5.74) is 1.95. The predicted molar refractivity (Wildman–Crippen MR) is 104 cm³/mol. The zero-order valence-electron chi connectivity index (χ0n) is 14.3. The largest absolute Gasteiger partial charge is 0.481 e. The van der Waals surface area contributed by atoms with Gasteiger partial charge in [-0.1, -0.05) is 29.8 Å². The van der Waals surface area contributed by atoms with Crippen LogP contribution in [0.4, 0.5) is 5.00 Å². The average molecular weight is 393 g/mol. The fourth-order valence-electron chi connectivity index (χ4n) is 3.12. The number of nitrogens with zero attached hydrogens (tertiary/aromatic N) is 1. The van der Waals surface area contributed by atoms with Crippen molar-refractivity contribution in [3.8, 4) is 0 Å². The van der Waals surface area contributed by atoms with Crippen LogP contribution in [0.25, 0.3) is 0 Å². The molecule has 1 aromatic heterocycles. The highest BCUT2D eigenvalue weighted by molar-refractivity contribution is 7.14. The van der Waals surface area contributed by atoms with Crippen LogP contribution in [0.2, 0.25) is 5.02 Å². The van der Waals surface area contributed by atoms with E-state index in [9.17, 15) is 9.59 Å². The zero-order chi connectivity index (χ0) is 18.5. The summed E-state index contributed by atoms with van der Waals surface area (Å²) in [7, 11) is 0. The summed E-state index contributed by atoms with van der Waals surface area (Å²) in [5.74, 6) is -0.995. The van der Waals surface area contributed by atoms with Crippen LogP contribution in [0.5, 0.6) is 0 Å². The van der Waals surface area contributed by atoms with Gasteiger partial charge in [-0.25, -0.2) is 0 Å². The van der Waals surface area contributed by atoms with Crippen molar-refractivity contribution >= 4 is 39.8 Å². The minimum absolute atomic E-state index is 0.0891. The maximum Gasteiger partial charge on any atom is 0.306 e. The number of likely N-dealkylation sites (tertiary alicyclic amines) is 1. The Kier molecular flexibility index (Phi) is 6.29. The summed E-state index contributed by atoms with van der Waals surface area (Å²) in [6.07, 6.45) is 1.64. The number of aliphatic carboxylic acids is 1. The highest BCUT2D eigenvalue weighted by Crippen LogP contribution is 2.25. The number of amides is 1. The first-order valence-corrected chi connectivity index (χ1v) is 9.83. The monoisotopic (exact) mass is 392 g/mol. The summed E-state index contributed by atoms with van der Waals surface area (Å²) in [5, 5.41) is 15.4. The van der Waals surface area contributed by atoms with E-state index in [-0.39, 0.29) is 18.2 Å². The maximum atomic E-state index is 12.2. The molecular weight excluding hydrogens is 372 g/mol. The van der Waals surface area contributed by atoms with Crippen LogP contribution < -0.4 is 5.32 Å². The molecule has 7 heteroatoms. The molecule has 0 aliphatic carbocycles. The van der Waals surface area contributed by atoms with Gasteiger partial charge in [0.1, 0.15) is 0 Å². The van der Waals surface area contributed by atoms with Gasteiger partial charge in [-0.05, 0) is 54.6 Å². The second kappa shape index (κ2) is 8.66. The van der Waals surface area contributed by atoms with Crippen molar-refractivity contribution in [2.24, 2.45) is 5.92 Å². The molecule has 138 valence electrons. The van der Waals surface area contributed by atoms with E-state index >= 15 is 0 Å². The number of thiophene rings is 1. The number of hydrogen-bond donors (Lipinski definition) is 2. The molecule has 1 aromatic carbocycles. The average Bonchev–Trinajstić information content (AvgIpc) is 3.04. The summed E-state index contributed by atoms with van der Waals surface area (Å²) >= 11 is 7.59. The first kappa shape index (κ1) is 18.9. The van der Waals surface area contributed by atoms with Gasteiger partial charge in [-0.2, -0.15) is 0 Å². The first-order chi connectivity index (χ1) is 12.5. The van der Waals surface area contributed by atoms with E-state index in [4.69, 9.17) is 16.7 Å². The topological polar surface area (TPSA) is 69.6 Å². The number of hydrogen-bond acceptors (Lipinski definition) is 4. The van der Waals surface area contributed by atoms with Crippen LogP contribution >= 0.6 is 22.9 Å². The third-order valence-corrected chi connectivity index (χ3v) is 5.83. The third-order valence-electron chi connectivity index (χ3n) is 4.57. The van der Waals surface area contributed by atoms with Gasteiger partial charge < -0.3 is 10.4 Å². The number of benzene rings is 1. The van der Waals surface area contributed by atoms with Crippen LogP contribution in [0, 0.1) is 5.92 Å². The lowest BCUT2D eigenvalue weighted by Crippen LogP contribution is -2.35. The van der Waals surface area contributed by atoms with Crippen LogP contribution in [0.1, 0.15) is 24.0 Å². The third kappa shape index (κ3) is 5.06. The molecule has 2 heterocycles. The Morgan fingerprint density at radius 3 is 2.69 bits per heavy atom. The number of anilines is 1. The molecule has 0 atom stereocenters. The minimum atomic E-state index is -0.691. The molecule has 1 amide bonds. The molecular formula is C19H21ClN2O3S. The number of rotatable bonds is 6. The molecule has 2 aromatic rings. The van der Waals surface area contributed by atoms with Gasteiger partial charge in [-0.15, -0.1) is 11.3 Å². The molecule has 2 N–H and O–H groups in total. The second-order valence-corrected chi connectivity index (χ2v) is 7.84. The van der Waals surface area contributed by atoms with Crippen molar-refractivity contribution in [1.82, 2.24) is 4.90 Å². The second-order valence-electron chi connectivity index (χ2n) is 6.52. The summed E-state index contributed by atoms with van der Waals surface area (Å²) in [4.78, 5) is 25.5. The van der Waals surface area contributed by atoms with Gasteiger partial charge in [0.2, 0.25) is 5.91 Å². The van der Waals surface area contributed by atoms with E-state index in [1.807, 2.05) is 29.6 Å². The molecule has 1 aliphatic rings. The highest BCUT2D eigenvalue weighted by atomic mass is 35.5. The minimum Gasteiger partial charge on any atom is -0.481 e. The van der Waals surface area contributed by atoms with Crippen molar-refractivity contribution < 1.29 is 14.7 Å². The lowest BCUT2D eigenvalue weighted by molar-refractivity contribution is -0.143. The van der Waals surface area contributed by atoms with E-state index in [0.29, 0.717) is 17.9 Å². The van der Waals surface area contributed by atoms with Gasteiger partial charge in [0.15, 0.2) is 0 Å². The van der Waals surface area contributed by atoms with E-state index < -0.39 is 5.97 Å². The van der Waals surface area contributed by atoms with Crippen molar-refractivity contribution in [3.63, 3.8) is 0 Å². The van der Waals surface area contributed by atoms with Gasteiger partial charge in [0.25, 0.3) is 0 Å². The normalized spacial score (nSPS) is 15.7. The van der Waals surface area contributed by atoms with Gasteiger partial charge in [0.05, 0.1) is 17.3 Å². The molecule has 0 bridgehead atoms. The Morgan fingerprint density at radius 2 is 2.00 bits per heavy atom. The Morgan fingerprint density at radius 1 is 1.27 bits per heavy atom. The number of carbonyl (C=O) groups excluding carboxylic acids is 1. The Labute approximate surface area is 161 Å². The number of nitrogens with one attached hydrogen (secondary N) is 1. The van der Waals surface area contributed by atoms with Crippen molar-refractivity contribution in [2.45, 2.75) is 25.8 Å². The van der Waals surface area contributed by atoms with Crippen LogP contribution in [-0.2, 0) is 22.6 Å². The van der Waals surface area contributed by atoms with E-state index in [2.05, 4.69) is 10.2 Å². The lowest BCUT2D eigenvalue weighted by atomic mass is 9.97. The number of carboxylic acid groups (broad SMARTS) is 1. The number of carbonyl (C=O) groups is 2. The smallest absolute Gasteiger partial charge is 0.306 e. The Bertz CT molecular complexity index is 785. The van der Waals surface area contributed by atoms with E-state index in [1.165, 1.54) is 11.3 Å². The van der Waals surface area contributed by atoms with Crippen LogP contribution in [0.3, 0.4) is 0 Å². The fraction of sp³-hybridized carbons (Fsp3) is 0.368. The number of piperidine rings is 1. The number of halogens is 1. The summed E-state index contributed by atoms with van der Waals surface area (Å²) in [6, 6.07) is 9.32. The Hall–Kier alpha value is -1.89. The molecule has 0 unspecified atom stereocenters. The molecule has 1 saturated heterocycles. The lowest BCUT2D eigenvalue weighted by Gasteiger charge is -2.29. The molecule has 5 nitrogen and oxygen atoms in total. The molecule has 1 aliphatic heterocycles. The first-order valence-electron chi connectivity index (χ1n) is 8.57. The summed E-state index contributed by atoms with van der Waals surface area (Å²) in [6.45, 7) is 2.37. The molecule has 0 spiro atoms. The van der Waals surface area contributed by atoms with Crippen LogP contribution in [0.15, 0.2) is 35.7 Å². The van der Waals surface area contributed by atoms with Crippen LogP contribution in [-0.4, -0.2) is 35.0 Å². The van der Waals surface area contributed by atoms with Crippen molar-refractivity contribution in [1.29, 1.82) is 0 Å². The molecule has 0 saturated carbocycles. The molecule has 0 radical (unpaired) electrons. The van der Waals surface area contributed by atoms with Crippen molar-refractivity contribution in [3.05, 3.63) is 51.9 Å². The van der Waals surface area contributed by atoms with E-state index in [0.717, 1.165) is 35.8 Å². The maximum absolute atomic E-state index is 12.2. The number of carboxylic acids is 1. The molecule has 3 rings (SSSR count). The van der Waals surface area contributed by atoms with Gasteiger partial charge >= 0.3 is 5.97 Å². The standard InChI is InChI=1S/C19H21ClN2O3S/c20-16-4-2-1-3-15(16)10-17(23)21-18-9-13(12-26-18)11-22-7-5-14(6-8-22)19(24)25/h1-4,9,12,14H,5-8,10-11H2,(H,21,23)(H,24,25). The molecule has 26 heavy (non-hydrogen) atoms. The molecule has 1 fully saturated rings. The zero-order valence-corrected chi connectivity index (χ0v) is 15.9. The predicted octanol–water partition coefficient (Wildman–Crippen LogP) is 3.88. The Balaban J connectivity index is 1.50. The summed E-state index contributed by atoms with van der Waals surface area (Å²) < 4.78 is 0. The van der Waals surface area contributed by atoms with Gasteiger partial charge in [0, 0.05) is 11.6 Å². The van der Waals surface area contributed by atoms with Gasteiger partial charge in [-0.3, -0.25) is 14.5 Å². The van der Waals surface area contributed by atoms with Crippen molar-refractivity contribution in [2.75, 3.05) is 18.4 Å². The highest BCUT2D eigenvalue weighted by Gasteiger charge is 2.24. The van der Waals surface area contributed by atoms with E-state index in [1.54, 1.807) is 6.07 Å².